The summed E-state index contributed by atoms with van der Waals surface area (Å²) in [6.07, 6.45) is -5.12. The topological polar surface area (TPSA) is 35.5 Å². The summed E-state index contributed by atoms with van der Waals surface area (Å²) < 4.78 is 34.9. The number of hydrogen-bond acceptors (Lipinski definition) is 3. The first-order chi connectivity index (χ1) is 6.35. The molecule has 0 amide bonds. The van der Waals surface area contributed by atoms with Crippen LogP contribution in [0.25, 0.3) is 0 Å². The summed E-state index contributed by atoms with van der Waals surface area (Å²) in [5.41, 5.74) is 0. The van der Waals surface area contributed by atoms with Crippen LogP contribution in [0.1, 0.15) is 33.1 Å². The quantitative estimate of drug-likeness (QED) is 0.521. The molecule has 0 rings (SSSR count). The monoisotopic (exact) mass is 214 g/mol. The van der Waals surface area contributed by atoms with Crippen molar-refractivity contribution in [1.82, 2.24) is 0 Å². The minimum absolute atomic E-state index is 0.378. The Hall–Kier alpha value is -0.780. The van der Waals surface area contributed by atoms with E-state index in [1.807, 2.05) is 6.92 Å². The van der Waals surface area contributed by atoms with E-state index in [-0.39, 0.29) is 6.10 Å². The van der Waals surface area contributed by atoms with E-state index in [0.717, 1.165) is 6.42 Å². The molecular weight excluding hydrogens is 201 g/mol. The lowest BCUT2D eigenvalue weighted by Gasteiger charge is -2.10. The summed E-state index contributed by atoms with van der Waals surface area (Å²) in [6, 6.07) is 0. The van der Waals surface area contributed by atoms with Gasteiger partial charge in [-0.1, -0.05) is 13.3 Å². The van der Waals surface area contributed by atoms with Crippen LogP contribution in [-0.2, 0) is 14.6 Å². The second kappa shape index (κ2) is 5.85. The number of halogens is 3. The van der Waals surface area contributed by atoms with Crippen LogP contribution in [-0.4, -0.2) is 18.2 Å². The SMILES string of the molecule is CCCC(C)OOC(=O)CC(F)(F)F. The van der Waals surface area contributed by atoms with Crippen LogP contribution in [0.4, 0.5) is 13.2 Å². The molecule has 14 heavy (non-hydrogen) atoms. The van der Waals surface area contributed by atoms with Crippen molar-refractivity contribution >= 4 is 5.97 Å². The predicted octanol–water partition coefficient (Wildman–Crippen LogP) is 2.60. The van der Waals surface area contributed by atoms with Crippen LogP contribution < -0.4 is 0 Å². The van der Waals surface area contributed by atoms with Crippen molar-refractivity contribution in [2.24, 2.45) is 0 Å². The van der Waals surface area contributed by atoms with E-state index in [1.54, 1.807) is 6.92 Å². The smallest absolute Gasteiger partial charge is 0.298 e. The summed E-state index contributed by atoms with van der Waals surface area (Å²) in [5, 5.41) is 0. The van der Waals surface area contributed by atoms with Gasteiger partial charge >= 0.3 is 12.1 Å². The fourth-order valence-corrected chi connectivity index (χ4v) is 0.784. The van der Waals surface area contributed by atoms with Gasteiger partial charge in [-0.3, -0.25) is 4.89 Å². The van der Waals surface area contributed by atoms with Gasteiger partial charge in [0.15, 0.2) is 0 Å². The fourth-order valence-electron chi connectivity index (χ4n) is 0.784. The Bertz CT molecular complexity index is 179. The Morgan fingerprint density at radius 2 is 2.00 bits per heavy atom. The van der Waals surface area contributed by atoms with Gasteiger partial charge in [-0.15, -0.1) is 0 Å². The minimum atomic E-state index is -4.55. The van der Waals surface area contributed by atoms with Gasteiger partial charge < -0.3 is 0 Å². The summed E-state index contributed by atoms with van der Waals surface area (Å²) in [6.45, 7) is 3.50. The van der Waals surface area contributed by atoms with E-state index >= 15 is 0 Å². The van der Waals surface area contributed by atoms with Crippen molar-refractivity contribution in [3.8, 4) is 0 Å². The van der Waals surface area contributed by atoms with E-state index in [2.05, 4.69) is 9.78 Å². The van der Waals surface area contributed by atoms with Crippen molar-refractivity contribution in [2.45, 2.75) is 45.4 Å². The van der Waals surface area contributed by atoms with Gasteiger partial charge in [-0.05, 0) is 13.3 Å². The average molecular weight is 214 g/mol. The van der Waals surface area contributed by atoms with Crippen molar-refractivity contribution in [3.63, 3.8) is 0 Å². The molecule has 0 aromatic rings. The van der Waals surface area contributed by atoms with Gasteiger partial charge in [0.05, 0.1) is 0 Å². The third kappa shape index (κ3) is 7.85. The molecular formula is C8H13F3O3. The molecule has 0 saturated carbocycles. The van der Waals surface area contributed by atoms with Gasteiger partial charge in [-0.2, -0.15) is 18.1 Å². The Morgan fingerprint density at radius 1 is 1.43 bits per heavy atom. The van der Waals surface area contributed by atoms with E-state index in [9.17, 15) is 18.0 Å². The molecule has 0 N–H and O–H groups in total. The van der Waals surface area contributed by atoms with Gasteiger partial charge in [0.1, 0.15) is 12.5 Å². The number of carbonyl (C=O) groups excluding carboxylic acids is 1. The molecule has 0 heterocycles. The molecule has 0 aliphatic heterocycles. The van der Waals surface area contributed by atoms with Crippen LogP contribution in [0, 0.1) is 0 Å². The zero-order chi connectivity index (χ0) is 11.2. The molecule has 0 fully saturated rings. The first-order valence-corrected chi connectivity index (χ1v) is 4.28. The maximum absolute atomic E-state index is 11.6. The molecule has 0 bridgehead atoms. The van der Waals surface area contributed by atoms with Crippen LogP contribution in [0.3, 0.4) is 0 Å². The molecule has 1 atom stereocenters. The standard InChI is InChI=1S/C8H13F3O3/c1-3-4-6(2)13-14-7(12)5-8(9,10)11/h6H,3-5H2,1-2H3. The number of rotatable bonds is 5. The lowest BCUT2D eigenvalue weighted by molar-refractivity contribution is -0.301. The first-order valence-electron chi connectivity index (χ1n) is 4.28. The normalized spacial score (nSPS) is 13.8. The van der Waals surface area contributed by atoms with E-state index in [4.69, 9.17) is 0 Å². The minimum Gasteiger partial charge on any atom is -0.298 e. The Balaban J connectivity index is 3.64. The Labute approximate surface area is 80.1 Å². The zero-order valence-corrected chi connectivity index (χ0v) is 8.06. The number of hydrogen-bond donors (Lipinski definition) is 0. The molecule has 0 saturated heterocycles. The molecule has 6 heteroatoms. The third-order valence-electron chi connectivity index (χ3n) is 1.35. The molecule has 0 aromatic heterocycles. The second-order valence-corrected chi connectivity index (χ2v) is 2.94. The van der Waals surface area contributed by atoms with Crippen LogP contribution >= 0.6 is 0 Å². The summed E-state index contributed by atoms with van der Waals surface area (Å²) in [4.78, 5) is 18.9. The summed E-state index contributed by atoms with van der Waals surface area (Å²) >= 11 is 0. The molecule has 0 aliphatic rings. The lowest BCUT2D eigenvalue weighted by Crippen LogP contribution is -2.19. The highest BCUT2D eigenvalue weighted by atomic mass is 19.4. The number of alkyl halides is 3. The Morgan fingerprint density at radius 3 is 2.43 bits per heavy atom. The molecule has 3 nitrogen and oxygen atoms in total. The van der Waals surface area contributed by atoms with E-state index in [1.165, 1.54) is 0 Å². The van der Waals surface area contributed by atoms with Gasteiger partial charge in [0.25, 0.3) is 0 Å². The Kier molecular flexibility index (Phi) is 5.52. The first kappa shape index (κ1) is 13.2. The highest BCUT2D eigenvalue weighted by Crippen LogP contribution is 2.20. The summed E-state index contributed by atoms with van der Waals surface area (Å²) in [7, 11) is 0. The van der Waals surface area contributed by atoms with Crippen molar-refractivity contribution < 1.29 is 27.7 Å². The fraction of sp³-hybridized carbons (Fsp3) is 0.875. The van der Waals surface area contributed by atoms with E-state index in [0.29, 0.717) is 6.42 Å². The number of carbonyl (C=O) groups is 1. The third-order valence-corrected chi connectivity index (χ3v) is 1.35. The molecule has 0 spiro atoms. The van der Waals surface area contributed by atoms with Crippen LogP contribution in [0.15, 0.2) is 0 Å². The van der Waals surface area contributed by atoms with Crippen LogP contribution in [0.2, 0.25) is 0 Å². The average Bonchev–Trinajstić information content (AvgIpc) is 1.98. The summed E-state index contributed by atoms with van der Waals surface area (Å²) in [5.74, 6) is -1.42. The molecule has 0 aliphatic carbocycles. The maximum atomic E-state index is 11.6. The molecule has 0 aromatic carbocycles. The highest BCUT2D eigenvalue weighted by molar-refractivity contribution is 5.69. The van der Waals surface area contributed by atoms with Crippen molar-refractivity contribution in [2.75, 3.05) is 0 Å². The molecule has 1 unspecified atom stereocenters. The van der Waals surface area contributed by atoms with E-state index < -0.39 is 18.6 Å². The van der Waals surface area contributed by atoms with Crippen molar-refractivity contribution in [1.29, 1.82) is 0 Å². The highest BCUT2D eigenvalue weighted by Gasteiger charge is 2.32. The lowest BCUT2D eigenvalue weighted by atomic mass is 10.2. The maximum Gasteiger partial charge on any atom is 0.399 e. The predicted molar refractivity (Wildman–Crippen MR) is 42.2 cm³/mol. The second-order valence-electron chi connectivity index (χ2n) is 2.94. The van der Waals surface area contributed by atoms with Crippen molar-refractivity contribution in [3.05, 3.63) is 0 Å². The van der Waals surface area contributed by atoms with Gasteiger partial charge in [0, 0.05) is 0 Å². The zero-order valence-electron chi connectivity index (χ0n) is 8.06. The van der Waals surface area contributed by atoms with Gasteiger partial charge in [-0.25, -0.2) is 4.79 Å². The molecule has 0 radical (unpaired) electrons. The van der Waals surface area contributed by atoms with Crippen LogP contribution in [0.5, 0.6) is 0 Å². The largest absolute Gasteiger partial charge is 0.399 e. The van der Waals surface area contributed by atoms with Gasteiger partial charge in [0.2, 0.25) is 0 Å². The molecule has 84 valence electrons.